The zero-order chi connectivity index (χ0) is 23.0. The highest BCUT2D eigenvalue weighted by molar-refractivity contribution is 6.35. The van der Waals surface area contributed by atoms with Gasteiger partial charge < -0.3 is 25.2 Å². The molecule has 0 saturated carbocycles. The molecule has 0 aliphatic carbocycles. The molecule has 2 atom stereocenters. The van der Waals surface area contributed by atoms with Crippen LogP contribution in [0.5, 0.6) is 11.5 Å². The summed E-state index contributed by atoms with van der Waals surface area (Å²) in [7, 11) is 0. The highest BCUT2D eigenvalue weighted by Crippen LogP contribution is 2.37. The first kappa shape index (κ1) is 25.3. The minimum atomic E-state index is -1.00. The van der Waals surface area contributed by atoms with E-state index in [1.54, 1.807) is 30.3 Å². The summed E-state index contributed by atoms with van der Waals surface area (Å²) in [5.41, 5.74) is 4.96. The lowest BCUT2D eigenvalue weighted by atomic mass is 9.94. The first-order valence-electron chi connectivity index (χ1n) is 10.0. The van der Waals surface area contributed by atoms with Gasteiger partial charge in [-0.25, -0.2) is 0 Å². The summed E-state index contributed by atoms with van der Waals surface area (Å²) in [6, 6.07) is 9.98. The summed E-state index contributed by atoms with van der Waals surface area (Å²) in [5, 5.41) is 40.5. The number of benzene rings is 2. The van der Waals surface area contributed by atoms with Crippen LogP contribution in [0.15, 0.2) is 53.8 Å². The molecule has 5 nitrogen and oxygen atoms in total. The van der Waals surface area contributed by atoms with Gasteiger partial charge in [0, 0.05) is 23.4 Å². The maximum absolute atomic E-state index is 10.6. The molecule has 0 fully saturated rings. The number of aliphatic hydroxyl groups is 3. The number of aliphatic hydroxyl groups excluding tert-OH is 3. The van der Waals surface area contributed by atoms with Gasteiger partial charge in [-0.05, 0) is 47.4 Å². The summed E-state index contributed by atoms with van der Waals surface area (Å²) in [6.07, 6.45) is 0.543. The van der Waals surface area contributed by atoms with Crippen LogP contribution < -0.4 is 4.74 Å². The van der Waals surface area contributed by atoms with E-state index >= 15 is 0 Å². The summed E-state index contributed by atoms with van der Waals surface area (Å²) in [6.45, 7) is 4.07. The lowest BCUT2D eigenvalue weighted by Crippen LogP contribution is -2.04. The number of hydrogen-bond donors (Lipinski definition) is 4. The molecular formula is C24H28Cl2O5. The van der Waals surface area contributed by atoms with Crippen molar-refractivity contribution < 1.29 is 25.2 Å². The van der Waals surface area contributed by atoms with E-state index in [1.807, 2.05) is 13.8 Å². The van der Waals surface area contributed by atoms with Gasteiger partial charge in [0.25, 0.3) is 0 Å². The van der Waals surface area contributed by atoms with Gasteiger partial charge in [-0.15, -0.1) is 5.73 Å². The van der Waals surface area contributed by atoms with E-state index in [0.29, 0.717) is 22.8 Å². The second kappa shape index (κ2) is 12.2. The fourth-order valence-corrected chi connectivity index (χ4v) is 3.54. The Morgan fingerprint density at radius 1 is 1.13 bits per heavy atom. The number of ether oxygens (including phenoxy) is 1. The SMILES string of the molecule is CC(C)C(=C=CC[C@H](O)c1cccc(OCCO)c1)C[C@H](O)c1cc(Cl)cc(Cl)c1O. The third kappa shape index (κ3) is 7.58. The van der Waals surface area contributed by atoms with Crippen molar-refractivity contribution in [3.63, 3.8) is 0 Å². The number of halogens is 2. The molecule has 0 spiro atoms. The van der Waals surface area contributed by atoms with Crippen LogP contribution in [-0.2, 0) is 0 Å². The quantitative estimate of drug-likeness (QED) is 0.354. The highest BCUT2D eigenvalue weighted by Gasteiger charge is 2.19. The molecular weight excluding hydrogens is 439 g/mol. The molecule has 168 valence electrons. The molecule has 4 N–H and O–H groups in total. The Balaban J connectivity index is 2.13. The molecule has 2 aromatic rings. The van der Waals surface area contributed by atoms with Crippen molar-refractivity contribution in [3.05, 3.63) is 75.0 Å². The van der Waals surface area contributed by atoms with Crippen molar-refractivity contribution in [1.82, 2.24) is 0 Å². The highest BCUT2D eigenvalue weighted by atomic mass is 35.5. The molecule has 0 amide bonds. The molecule has 0 aliphatic heterocycles. The minimum absolute atomic E-state index is 0.0800. The smallest absolute Gasteiger partial charge is 0.140 e. The zero-order valence-electron chi connectivity index (χ0n) is 17.6. The molecule has 0 aromatic heterocycles. The van der Waals surface area contributed by atoms with Gasteiger partial charge in [-0.2, -0.15) is 0 Å². The second-order valence-corrected chi connectivity index (χ2v) is 8.31. The van der Waals surface area contributed by atoms with Crippen molar-refractivity contribution in [2.24, 2.45) is 5.92 Å². The molecule has 0 unspecified atom stereocenters. The molecule has 7 heteroatoms. The van der Waals surface area contributed by atoms with Crippen LogP contribution in [0.25, 0.3) is 0 Å². The Labute approximate surface area is 192 Å². The average molecular weight is 467 g/mol. The second-order valence-electron chi connectivity index (χ2n) is 7.47. The molecule has 31 heavy (non-hydrogen) atoms. The van der Waals surface area contributed by atoms with Crippen LogP contribution in [0.3, 0.4) is 0 Å². The van der Waals surface area contributed by atoms with Gasteiger partial charge >= 0.3 is 0 Å². The van der Waals surface area contributed by atoms with Gasteiger partial charge in [-0.1, -0.05) is 49.2 Å². The van der Waals surface area contributed by atoms with Gasteiger partial charge in [0.15, 0.2) is 0 Å². The number of aromatic hydroxyl groups is 1. The van der Waals surface area contributed by atoms with Gasteiger partial charge in [0.05, 0.1) is 23.8 Å². The van der Waals surface area contributed by atoms with Crippen molar-refractivity contribution >= 4 is 23.2 Å². The van der Waals surface area contributed by atoms with E-state index in [9.17, 15) is 15.3 Å². The van der Waals surface area contributed by atoms with Crippen molar-refractivity contribution in [3.8, 4) is 11.5 Å². The molecule has 0 bridgehead atoms. The Kier molecular flexibility index (Phi) is 9.92. The lowest BCUT2D eigenvalue weighted by molar-refractivity contribution is 0.171. The largest absolute Gasteiger partial charge is 0.506 e. The Morgan fingerprint density at radius 2 is 1.87 bits per heavy atom. The predicted molar refractivity (Wildman–Crippen MR) is 123 cm³/mol. The molecule has 0 saturated heterocycles. The van der Waals surface area contributed by atoms with Crippen LogP contribution in [0.2, 0.25) is 10.0 Å². The minimum Gasteiger partial charge on any atom is -0.506 e. The molecule has 2 rings (SSSR count). The first-order chi connectivity index (χ1) is 14.7. The summed E-state index contributed by atoms with van der Waals surface area (Å²) >= 11 is 12.0. The average Bonchev–Trinajstić information content (AvgIpc) is 2.73. The molecule has 0 aliphatic rings. The molecule has 0 heterocycles. The monoisotopic (exact) mass is 466 g/mol. The van der Waals surface area contributed by atoms with Crippen molar-refractivity contribution in [2.75, 3.05) is 13.2 Å². The van der Waals surface area contributed by atoms with E-state index in [-0.39, 0.29) is 41.9 Å². The van der Waals surface area contributed by atoms with E-state index in [4.69, 9.17) is 33.0 Å². The maximum Gasteiger partial charge on any atom is 0.140 e. The first-order valence-corrected chi connectivity index (χ1v) is 10.8. The number of rotatable bonds is 10. The third-order valence-corrected chi connectivity index (χ3v) is 5.26. The normalized spacial score (nSPS) is 12.9. The maximum atomic E-state index is 10.6. The van der Waals surface area contributed by atoms with Crippen LogP contribution >= 0.6 is 23.2 Å². The number of hydrogen-bond acceptors (Lipinski definition) is 5. The van der Waals surface area contributed by atoms with Gasteiger partial charge in [0.1, 0.15) is 18.1 Å². The van der Waals surface area contributed by atoms with Gasteiger partial charge in [-0.3, -0.25) is 0 Å². The summed E-state index contributed by atoms with van der Waals surface area (Å²) in [5.74, 6) is 0.482. The Hall–Kier alpha value is -1.98. The lowest BCUT2D eigenvalue weighted by Gasteiger charge is -2.17. The third-order valence-electron chi connectivity index (χ3n) is 4.76. The topological polar surface area (TPSA) is 90.2 Å². The summed E-state index contributed by atoms with van der Waals surface area (Å²) in [4.78, 5) is 0. The van der Waals surface area contributed by atoms with E-state index < -0.39 is 12.2 Å². The molecule has 2 aromatic carbocycles. The van der Waals surface area contributed by atoms with Crippen LogP contribution in [0.1, 0.15) is 50.0 Å². The van der Waals surface area contributed by atoms with E-state index in [0.717, 1.165) is 5.57 Å². The fourth-order valence-electron chi connectivity index (χ4n) is 3.03. The van der Waals surface area contributed by atoms with Crippen LogP contribution in [0.4, 0.5) is 0 Å². The Bertz CT molecular complexity index is 936. The zero-order valence-corrected chi connectivity index (χ0v) is 19.1. The number of phenolic OH excluding ortho intramolecular Hbond substituents is 1. The van der Waals surface area contributed by atoms with Crippen LogP contribution in [0, 0.1) is 5.92 Å². The standard InChI is InChI=1S/C24H28Cl2O5/c1-15(2)16(12-23(29)20-13-18(25)14-21(26)24(20)30)5-4-8-22(28)17-6-3-7-19(11-17)31-10-9-27/h3-4,6-7,11,13-15,22-23,27-30H,8-10,12H2,1-2H3/t5?,22-,23-/m0/s1. The Morgan fingerprint density at radius 3 is 2.55 bits per heavy atom. The van der Waals surface area contributed by atoms with E-state index in [1.165, 1.54) is 12.1 Å². The van der Waals surface area contributed by atoms with Crippen molar-refractivity contribution in [2.45, 2.75) is 38.9 Å². The van der Waals surface area contributed by atoms with E-state index in [2.05, 4.69) is 5.73 Å². The van der Waals surface area contributed by atoms with Crippen LogP contribution in [-0.4, -0.2) is 33.6 Å². The predicted octanol–water partition coefficient (Wildman–Crippen LogP) is 5.35. The summed E-state index contributed by atoms with van der Waals surface area (Å²) < 4.78 is 5.37. The number of phenols is 1. The fraction of sp³-hybridized carbons (Fsp3) is 0.375. The van der Waals surface area contributed by atoms with Gasteiger partial charge in [0.2, 0.25) is 0 Å². The molecule has 0 radical (unpaired) electrons. The van der Waals surface area contributed by atoms with Crippen molar-refractivity contribution in [1.29, 1.82) is 0 Å².